The van der Waals surface area contributed by atoms with Gasteiger partial charge in [0.15, 0.2) is 18.2 Å². The largest absolute Gasteiger partial charge is 0.452 e. The van der Waals surface area contributed by atoms with E-state index in [0.717, 1.165) is 10.5 Å². The van der Waals surface area contributed by atoms with Gasteiger partial charge in [-0.1, -0.05) is 36.4 Å². The van der Waals surface area contributed by atoms with Crippen LogP contribution in [0.3, 0.4) is 0 Å². The van der Waals surface area contributed by atoms with Gasteiger partial charge in [0.2, 0.25) is 0 Å². The third-order valence-corrected chi connectivity index (χ3v) is 5.83. The standard InChI is InChI=1S/C26H19NO5S/c1-33-18-10-6-16(7-11-18)8-13-24(29)32-15-23(28)27-17-9-12-21-22(14-17)26(31)20-5-3-2-4-19(20)25(21)30/h2-14H,15H2,1H3,(H,27,28). The van der Waals surface area contributed by atoms with E-state index in [9.17, 15) is 19.2 Å². The van der Waals surface area contributed by atoms with Gasteiger partial charge in [-0.2, -0.15) is 0 Å². The number of hydrogen-bond donors (Lipinski definition) is 1. The van der Waals surface area contributed by atoms with E-state index in [0.29, 0.717) is 22.4 Å². The Morgan fingerprint density at radius 1 is 0.879 bits per heavy atom. The number of esters is 1. The van der Waals surface area contributed by atoms with E-state index in [1.165, 1.54) is 24.3 Å². The highest BCUT2D eigenvalue weighted by Gasteiger charge is 2.29. The van der Waals surface area contributed by atoms with Crippen molar-refractivity contribution in [3.05, 3.63) is 101 Å². The number of ether oxygens (including phenoxy) is 1. The van der Waals surface area contributed by atoms with Gasteiger partial charge in [0.1, 0.15) is 0 Å². The van der Waals surface area contributed by atoms with Crippen molar-refractivity contribution in [1.29, 1.82) is 0 Å². The minimum absolute atomic E-state index is 0.226. The van der Waals surface area contributed by atoms with Crippen LogP contribution in [0.25, 0.3) is 6.08 Å². The minimum Gasteiger partial charge on any atom is -0.452 e. The van der Waals surface area contributed by atoms with E-state index in [4.69, 9.17) is 4.74 Å². The molecule has 1 amide bonds. The fourth-order valence-corrected chi connectivity index (χ4v) is 3.85. The molecule has 0 spiro atoms. The van der Waals surface area contributed by atoms with Crippen LogP contribution < -0.4 is 5.32 Å². The number of hydrogen-bond acceptors (Lipinski definition) is 6. The molecule has 0 heterocycles. The number of carbonyl (C=O) groups is 4. The maximum Gasteiger partial charge on any atom is 0.331 e. The van der Waals surface area contributed by atoms with Crippen molar-refractivity contribution >= 4 is 47.0 Å². The zero-order valence-electron chi connectivity index (χ0n) is 17.7. The first-order valence-corrected chi connectivity index (χ1v) is 11.3. The number of rotatable bonds is 6. The van der Waals surface area contributed by atoms with E-state index in [1.54, 1.807) is 42.1 Å². The number of nitrogens with one attached hydrogen (secondary N) is 1. The molecule has 0 atom stereocenters. The molecular formula is C26H19NO5S. The van der Waals surface area contributed by atoms with Gasteiger partial charge in [-0.05, 0) is 48.2 Å². The van der Waals surface area contributed by atoms with E-state index < -0.39 is 18.5 Å². The monoisotopic (exact) mass is 457 g/mol. The molecule has 1 N–H and O–H groups in total. The molecule has 0 saturated carbocycles. The average Bonchev–Trinajstić information content (AvgIpc) is 2.85. The molecule has 3 aromatic rings. The van der Waals surface area contributed by atoms with Crippen molar-refractivity contribution in [2.75, 3.05) is 18.2 Å². The molecular weight excluding hydrogens is 438 g/mol. The van der Waals surface area contributed by atoms with E-state index in [-0.39, 0.29) is 17.1 Å². The molecule has 0 aliphatic heterocycles. The van der Waals surface area contributed by atoms with Gasteiger partial charge in [-0.25, -0.2) is 4.79 Å². The smallest absolute Gasteiger partial charge is 0.331 e. The SMILES string of the molecule is CSc1ccc(C=CC(=O)OCC(=O)Nc2ccc3c(c2)C(=O)c2ccccc2C3=O)cc1. The first-order chi connectivity index (χ1) is 16.0. The van der Waals surface area contributed by atoms with Crippen molar-refractivity contribution in [3.63, 3.8) is 0 Å². The number of anilines is 1. The minimum atomic E-state index is -0.651. The zero-order valence-corrected chi connectivity index (χ0v) is 18.5. The molecule has 6 nitrogen and oxygen atoms in total. The Hall–Kier alpha value is -3.97. The lowest BCUT2D eigenvalue weighted by Crippen LogP contribution is -2.23. The lowest BCUT2D eigenvalue weighted by molar-refractivity contribution is -0.142. The van der Waals surface area contributed by atoms with Crippen LogP contribution in [0, 0.1) is 0 Å². The van der Waals surface area contributed by atoms with Crippen molar-refractivity contribution in [2.24, 2.45) is 0 Å². The second-order valence-electron chi connectivity index (χ2n) is 7.23. The van der Waals surface area contributed by atoms with Crippen molar-refractivity contribution < 1.29 is 23.9 Å². The molecule has 3 aromatic carbocycles. The Morgan fingerprint density at radius 2 is 1.52 bits per heavy atom. The number of benzene rings is 3. The van der Waals surface area contributed by atoms with Crippen LogP contribution in [0.4, 0.5) is 5.69 Å². The predicted molar refractivity (Wildman–Crippen MR) is 127 cm³/mol. The summed E-state index contributed by atoms with van der Waals surface area (Å²) < 4.78 is 4.98. The molecule has 0 unspecified atom stereocenters. The van der Waals surface area contributed by atoms with E-state index in [1.807, 2.05) is 30.5 Å². The van der Waals surface area contributed by atoms with Crippen LogP contribution in [0.5, 0.6) is 0 Å². The molecule has 7 heteroatoms. The Balaban J connectivity index is 1.36. The maximum absolute atomic E-state index is 12.8. The number of ketones is 2. The molecule has 33 heavy (non-hydrogen) atoms. The highest BCUT2D eigenvalue weighted by molar-refractivity contribution is 7.98. The summed E-state index contributed by atoms with van der Waals surface area (Å²) in [5.74, 6) is -1.72. The topological polar surface area (TPSA) is 89.5 Å². The summed E-state index contributed by atoms with van der Waals surface area (Å²) in [5.41, 5.74) is 2.39. The second kappa shape index (κ2) is 9.67. The normalized spacial score (nSPS) is 12.3. The number of carbonyl (C=O) groups excluding carboxylic acids is 4. The summed E-state index contributed by atoms with van der Waals surface area (Å²) >= 11 is 1.62. The summed E-state index contributed by atoms with van der Waals surface area (Å²) in [6, 6.07) is 18.8. The van der Waals surface area contributed by atoms with Gasteiger partial charge in [-0.15, -0.1) is 11.8 Å². The van der Waals surface area contributed by atoms with Crippen LogP contribution in [-0.2, 0) is 14.3 Å². The third kappa shape index (κ3) is 4.94. The lowest BCUT2D eigenvalue weighted by atomic mass is 9.84. The first kappa shape index (κ1) is 22.2. The molecule has 0 saturated heterocycles. The Bertz CT molecular complexity index is 1290. The van der Waals surface area contributed by atoms with Gasteiger partial charge in [0, 0.05) is 38.9 Å². The van der Waals surface area contributed by atoms with Gasteiger partial charge in [0.25, 0.3) is 5.91 Å². The predicted octanol–water partition coefficient (Wildman–Crippen LogP) is 4.38. The summed E-state index contributed by atoms with van der Waals surface area (Å²) in [5, 5.41) is 2.59. The third-order valence-electron chi connectivity index (χ3n) is 5.08. The van der Waals surface area contributed by atoms with Crippen LogP contribution in [0.2, 0.25) is 0 Å². The second-order valence-corrected chi connectivity index (χ2v) is 8.11. The molecule has 1 aliphatic rings. The molecule has 1 aliphatic carbocycles. The zero-order chi connectivity index (χ0) is 23.4. The summed E-state index contributed by atoms with van der Waals surface area (Å²) in [6.45, 7) is -0.485. The molecule has 0 aromatic heterocycles. The molecule has 4 rings (SSSR count). The molecule has 0 fully saturated rings. The maximum atomic E-state index is 12.8. The van der Waals surface area contributed by atoms with Gasteiger partial charge >= 0.3 is 5.97 Å². The summed E-state index contributed by atoms with van der Waals surface area (Å²) in [6.07, 6.45) is 4.84. The van der Waals surface area contributed by atoms with Crippen molar-refractivity contribution in [3.8, 4) is 0 Å². The molecule has 0 radical (unpaired) electrons. The highest BCUT2D eigenvalue weighted by atomic mass is 32.2. The number of fused-ring (bicyclic) bond motifs is 2. The highest BCUT2D eigenvalue weighted by Crippen LogP contribution is 2.29. The molecule has 164 valence electrons. The summed E-state index contributed by atoms with van der Waals surface area (Å²) in [7, 11) is 0. The Kier molecular flexibility index (Phi) is 6.51. The van der Waals surface area contributed by atoms with Gasteiger partial charge in [0.05, 0.1) is 0 Å². The fraction of sp³-hybridized carbons (Fsp3) is 0.0769. The number of amides is 1. The van der Waals surface area contributed by atoms with Crippen LogP contribution >= 0.6 is 11.8 Å². The van der Waals surface area contributed by atoms with Gasteiger partial charge < -0.3 is 10.1 Å². The van der Waals surface area contributed by atoms with Crippen LogP contribution in [0.1, 0.15) is 37.4 Å². The quantitative estimate of drug-likeness (QED) is 0.263. The summed E-state index contributed by atoms with van der Waals surface area (Å²) in [4.78, 5) is 50.7. The van der Waals surface area contributed by atoms with Crippen molar-refractivity contribution in [1.82, 2.24) is 0 Å². The van der Waals surface area contributed by atoms with E-state index in [2.05, 4.69) is 5.32 Å². The number of thioether (sulfide) groups is 1. The average molecular weight is 458 g/mol. The van der Waals surface area contributed by atoms with Gasteiger partial charge in [-0.3, -0.25) is 14.4 Å². The molecule has 0 bridgehead atoms. The Labute approximate surface area is 194 Å². The lowest BCUT2D eigenvalue weighted by Gasteiger charge is -2.18. The Morgan fingerprint density at radius 3 is 2.18 bits per heavy atom. The van der Waals surface area contributed by atoms with E-state index >= 15 is 0 Å². The van der Waals surface area contributed by atoms with Crippen LogP contribution in [0.15, 0.2) is 77.7 Å². The fourth-order valence-electron chi connectivity index (χ4n) is 3.44. The van der Waals surface area contributed by atoms with Crippen LogP contribution in [-0.4, -0.2) is 36.3 Å². The van der Waals surface area contributed by atoms with Crippen molar-refractivity contribution in [2.45, 2.75) is 4.90 Å². The first-order valence-electron chi connectivity index (χ1n) is 10.1.